The van der Waals surface area contributed by atoms with Crippen molar-refractivity contribution in [2.75, 3.05) is 0 Å². The van der Waals surface area contributed by atoms with E-state index < -0.39 is 5.69 Å². The highest BCUT2D eigenvalue weighted by molar-refractivity contribution is 9.10. The summed E-state index contributed by atoms with van der Waals surface area (Å²) < 4.78 is 4.57. The van der Waals surface area contributed by atoms with Crippen molar-refractivity contribution >= 4 is 38.7 Å². The molecule has 2 aromatic rings. The SMILES string of the molecule is C[C@@H](Cl)Cn1c(Br)nc2c1c(=O)n(C)c(=O)n2C. The van der Waals surface area contributed by atoms with Crippen molar-refractivity contribution in [3.63, 3.8) is 0 Å². The van der Waals surface area contributed by atoms with Crippen molar-refractivity contribution < 1.29 is 0 Å². The summed E-state index contributed by atoms with van der Waals surface area (Å²) in [6, 6.07) is 0. The summed E-state index contributed by atoms with van der Waals surface area (Å²) in [5.41, 5.74) is -0.0431. The molecule has 0 saturated heterocycles. The van der Waals surface area contributed by atoms with E-state index in [1.165, 1.54) is 11.6 Å². The zero-order valence-electron chi connectivity index (χ0n) is 10.1. The van der Waals surface area contributed by atoms with Crippen LogP contribution in [0, 0.1) is 0 Å². The van der Waals surface area contributed by atoms with Crippen LogP contribution in [0.4, 0.5) is 0 Å². The first-order chi connectivity index (χ1) is 8.34. The van der Waals surface area contributed by atoms with Gasteiger partial charge in [-0.05, 0) is 22.9 Å². The third kappa shape index (κ3) is 1.91. The first kappa shape index (κ1) is 13.4. The van der Waals surface area contributed by atoms with Gasteiger partial charge in [0.15, 0.2) is 15.9 Å². The van der Waals surface area contributed by atoms with Crippen molar-refractivity contribution in [3.05, 3.63) is 25.6 Å². The van der Waals surface area contributed by atoms with E-state index in [2.05, 4.69) is 20.9 Å². The van der Waals surface area contributed by atoms with Crippen LogP contribution in [-0.2, 0) is 20.6 Å². The van der Waals surface area contributed by atoms with E-state index in [4.69, 9.17) is 11.6 Å². The molecular weight excluding hydrogens is 323 g/mol. The van der Waals surface area contributed by atoms with Gasteiger partial charge in [0.05, 0.1) is 0 Å². The van der Waals surface area contributed by atoms with Gasteiger partial charge in [0.1, 0.15) is 0 Å². The summed E-state index contributed by atoms with van der Waals surface area (Å²) in [6.45, 7) is 2.26. The summed E-state index contributed by atoms with van der Waals surface area (Å²) in [5.74, 6) is 0. The second-order valence-electron chi connectivity index (χ2n) is 4.15. The predicted molar refractivity (Wildman–Crippen MR) is 73.2 cm³/mol. The molecule has 0 radical (unpaired) electrons. The maximum atomic E-state index is 12.1. The summed E-state index contributed by atoms with van der Waals surface area (Å²) in [5, 5.41) is -0.152. The Labute approximate surface area is 116 Å². The Kier molecular flexibility index (Phi) is 3.37. The van der Waals surface area contributed by atoms with Crippen LogP contribution >= 0.6 is 27.5 Å². The number of hydrogen-bond donors (Lipinski definition) is 0. The van der Waals surface area contributed by atoms with Crippen LogP contribution in [0.3, 0.4) is 0 Å². The molecule has 0 aliphatic carbocycles. The van der Waals surface area contributed by atoms with E-state index in [1.807, 2.05) is 6.92 Å². The van der Waals surface area contributed by atoms with Crippen LogP contribution in [0.1, 0.15) is 6.92 Å². The minimum Gasteiger partial charge on any atom is -0.311 e. The van der Waals surface area contributed by atoms with E-state index in [1.54, 1.807) is 11.6 Å². The molecule has 0 saturated carbocycles. The molecule has 8 heteroatoms. The Balaban J connectivity index is 2.95. The van der Waals surface area contributed by atoms with Gasteiger partial charge in [-0.1, -0.05) is 0 Å². The number of aromatic nitrogens is 4. The van der Waals surface area contributed by atoms with Crippen LogP contribution in [0.5, 0.6) is 0 Å². The standard InChI is InChI=1S/C10H12BrClN4O2/c1-5(12)4-16-6-7(13-9(16)11)14(2)10(18)15(3)8(6)17/h5H,4H2,1-3H3/t5-/m1/s1. The molecule has 98 valence electrons. The molecule has 0 N–H and O–H groups in total. The van der Waals surface area contributed by atoms with Crippen LogP contribution in [0.2, 0.25) is 0 Å². The minimum atomic E-state index is -0.399. The molecule has 0 aromatic carbocycles. The zero-order valence-corrected chi connectivity index (χ0v) is 12.5. The Morgan fingerprint density at radius 2 is 1.94 bits per heavy atom. The highest BCUT2D eigenvalue weighted by Gasteiger charge is 2.18. The van der Waals surface area contributed by atoms with Crippen LogP contribution in [-0.4, -0.2) is 24.1 Å². The molecular formula is C10H12BrClN4O2. The first-order valence-electron chi connectivity index (χ1n) is 5.30. The molecule has 2 aromatic heterocycles. The average Bonchev–Trinajstić information content (AvgIpc) is 2.61. The van der Waals surface area contributed by atoms with Crippen molar-refractivity contribution in [2.24, 2.45) is 14.1 Å². The Morgan fingerprint density at radius 3 is 2.50 bits per heavy atom. The highest BCUT2D eigenvalue weighted by atomic mass is 79.9. The van der Waals surface area contributed by atoms with E-state index in [0.29, 0.717) is 22.4 Å². The highest BCUT2D eigenvalue weighted by Crippen LogP contribution is 2.17. The Morgan fingerprint density at radius 1 is 1.33 bits per heavy atom. The average molecular weight is 336 g/mol. The second-order valence-corrected chi connectivity index (χ2v) is 5.60. The molecule has 0 fully saturated rings. The van der Waals surface area contributed by atoms with Crippen LogP contribution in [0.25, 0.3) is 11.2 Å². The van der Waals surface area contributed by atoms with Crippen molar-refractivity contribution in [1.29, 1.82) is 0 Å². The molecule has 18 heavy (non-hydrogen) atoms. The maximum absolute atomic E-state index is 12.1. The van der Waals surface area contributed by atoms with Crippen molar-refractivity contribution in [3.8, 4) is 0 Å². The molecule has 2 heterocycles. The van der Waals surface area contributed by atoms with Gasteiger partial charge >= 0.3 is 5.69 Å². The molecule has 0 amide bonds. The molecule has 0 aliphatic heterocycles. The quantitative estimate of drug-likeness (QED) is 0.603. The fourth-order valence-corrected chi connectivity index (χ4v) is 2.47. The first-order valence-corrected chi connectivity index (χ1v) is 6.53. The topological polar surface area (TPSA) is 61.8 Å². The van der Waals surface area contributed by atoms with Gasteiger partial charge in [-0.3, -0.25) is 13.9 Å². The molecule has 0 unspecified atom stereocenters. The fourth-order valence-electron chi connectivity index (χ4n) is 1.84. The number of halogens is 2. The summed E-state index contributed by atoms with van der Waals surface area (Å²) in [6.07, 6.45) is 0. The van der Waals surface area contributed by atoms with E-state index in [9.17, 15) is 9.59 Å². The minimum absolute atomic E-state index is 0.152. The Hall–Kier alpha value is -1.08. The summed E-state index contributed by atoms with van der Waals surface area (Å²) in [4.78, 5) is 28.1. The lowest BCUT2D eigenvalue weighted by atomic mass is 10.4. The monoisotopic (exact) mass is 334 g/mol. The third-order valence-corrected chi connectivity index (χ3v) is 3.48. The molecule has 0 spiro atoms. The van der Waals surface area contributed by atoms with Gasteiger partial charge < -0.3 is 4.57 Å². The molecule has 0 aliphatic rings. The van der Waals surface area contributed by atoms with Gasteiger partial charge in [-0.25, -0.2) is 9.78 Å². The van der Waals surface area contributed by atoms with E-state index in [0.717, 1.165) is 4.57 Å². The smallest absolute Gasteiger partial charge is 0.311 e. The van der Waals surface area contributed by atoms with Crippen molar-refractivity contribution in [2.45, 2.75) is 18.8 Å². The molecule has 6 nitrogen and oxygen atoms in total. The number of fused-ring (bicyclic) bond motifs is 1. The largest absolute Gasteiger partial charge is 0.332 e. The van der Waals surface area contributed by atoms with Gasteiger partial charge in [0.2, 0.25) is 0 Å². The lowest BCUT2D eigenvalue weighted by molar-refractivity contribution is 0.672. The lowest BCUT2D eigenvalue weighted by Crippen LogP contribution is -2.37. The van der Waals surface area contributed by atoms with Crippen LogP contribution in [0.15, 0.2) is 14.3 Å². The number of hydrogen-bond acceptors (Lipinski definition) is 3. The number of rotatable bonds is 2. The lowest BCUT2D eigenvalue weighted by Gasteiger charge is -2.08. The summed E-state index contributed by atoms with van der Waals surface area (Å²) in [7, 11) is 3.03. The summed E-state index contributed by atoms with van der Waals surface area (Å²) >= 11 is 9.24. The number of imidazole rings is 1. The van der Waals surface area contributed by atoms with E-state index in [-0.39, 0.29) is 10.9 Å². The normalized spacial score (nSPS) is 13.2. The molecule has 0 bridgehead atoms. The predicted octanol–water partition coefficient (Wildman–Crippen LogP) is 0.824. The number of alkyl halides is 1. The van der Waals surface area contributed by atoms with Gasteiger partial charge in [0.25, 0.3) is 5.56 Å². The number of nitrogens with zero attached hydrogens (tertiary/aromatic N) is 4. The zero-order chi connectivity index (χ0) is 13.6. The fraction of sp³-hybridized carbons (Fsp3) is 0.500. The van der Waals surface area contributed by atoms with Gasteiger partial charge in [-0.2, -0.15) is 0 Å². The van der Waals surface area contributed by atoms with E-state index >= 15 is 0 Å². The maximum Gasteiger partial charge on any atom is 0.332 e. The van der Waals surface area contributed by atoms with Crippen molar-refractivity contribution in [1.82, 2.24) is 18.7 Å². The molecule has 2 rings (SSSR count). The van der Waals surface area contributed by atoms with Gasteiger partial charge in [-0.15, -0.1) is 11.6 Å². The second kappa shape index (κ2) is 4.55. The van der Waals surface area contributed by atoms with Gasteiger partial charge in [0, 0.05) is 26.0 Å². The van der Waals surface area contributed by atoms with Crippen LogP contribution < -0.4 is 11.2 Å². The third-order valence-electron chi connectivity index (χ3n) is 2.74. The Bertz CT molecular complexity index is 728. The number of aryl methyl sites for hydroxylation is 1. The molecule has 1 atom stereocenters.